The van der Waals surface area contributed by atoms with Crippen LogP contribution in [0.5, 0.6) is 0 Å². The fourth-order valence-electron chi connectivity index (χ4n) is 3.87. The lowest BCUT2D eigenvalue weighted by molar-refractivity contribution is -0.129. The van der Waals surface area contributed by atoms with E-state index in [0.29, 0.717) is 36.6 Å². The summed E-state index contributed by atoms with van der Waals surface area (Å²) in [6.45, 7) is 10.6. The van der Waals surface area contributed by atoms with E-state index in [0.717, 1.165) is 16.5 Å². The molecule has 3 amide bonds. The van der Waals surface area contributed by atoms with Crippen LogP contribution in [0.1, 0.15) is 43.6 Å². The number of rotatable bonds is 13. The van der Waals surface area contributed by atoms with E-state index < -0.39 is 35.4 Å². The minimum atomic E-state index is -1.22. The van der Waals surface area contributed by atoms with Gasteiger partial charge in [-0.05, 0) is 52.3 Å². The average molecular weight is 598 g/mol. The van der Waals surface area contributed by atoms with E-state index in [1.54, 1.807) is 52.0 Å². The number of aryl methyl sites for hydroxylation is 2. The Morgan fingerprint density at radius 3 is 2.14 bits per heavy atom. The van der Waals surface area contributed by atoms with Crippen molar-refractivity contribution < 1.29 is 37.7 Å². The number of benzene rings is 2. The Labute approximate surface area is 250 Å². The monoisotopic (exact) mass is 597 g/mol. The first-order valence-corrected chi connectivity index (χ1v) is 13.9. The van der Waals surface area contributed by atoms with Crippen molar-refractivity contribution in [3.05, 3.63) is 75.6 Å². The SMILES string of the molecule is Cc1ccc(C(OC(=O)Nc2ccc3c(C)cc(=O)oc3c2)C(=O)NCCOCCOCCNC(=O)OC(C)(C)C)cc1. The number of alkyl carbamates (subject to hydrolysis) is 1. The van der Waals surface area contributed by atoms with Gasteiger partial charge in [0.15, 0.2) is 0 Å². The molecule has 0 bridgehead atoms. The second kappa shape index (κ2) is 15.7. The fourth-order valence-corrected chi connectivity index (χ4v) is 3.87. The topological polar surface area (TPSA) is 154 Å². The third kappa shape index (κ3) is 11.4. The Morgan fingerprint density at radius 2 is 1.49 bits per heavy atom. The van der Waals surface area contributed by atoms with Crippen LogP contribution in [-0.4, -0.2) is 63.2 Å². The molecule has 0 spiro atoms. The van der Waals surface area contributed by atoms with Gasteiger partial charge >= 0.3 is 17.8 Å². The predicted molar refractivity (Wildman–Crippen MR) is 160 cm³/mol. The van der Waals surface area contributed by atoms with Crippen molar-refractivity contribution in [2.45, 2.75) is 46.3 Å². The molecule has 0 aliphatic rings. The van der Waals surface area contributed by atoms with Gasteiger partial charge in [0.2, 0.25) is 6.10 Å². The maximum atomic E-state index is 13.0. The molecule has 1 aromatic heterocycles. The third-order valence-electron chi connectivity index (χ3n) is 5.87. The van der Waals surface area contributed by atoms with Crippen molar-refractivity contribution in [2.24, 2.45) is 0 Å². The smallest absolute Gasteiger partial charge is 0.412 e. The molecule has 0 aliphatic heterocycles. The Morgan fingerprint density at radius 1 is 0.837 bits per heavy atom. The number of hydrogen-bond acceptors (Lipinski definition) is 9. The van der Waals surface area contributed by atoms with Crippen LogP contribution in [0.4, 0.5) is 15.3 Å². The number of anilines is 1. The number of fused-ring (bicyclic) bond motifs is 1. The summed E-state index contributed by atoms with van der Waals surface area (Å²) in [6.07, 6.45) is -2.58. The number of nitrogens with one attached hydrogen (secondary N) is 3. The molecule has 0 fully saturated rings. The van der Waals surface area contributed by atoms with Crippen molar-refractivity contribution in [2.75, 3.05) is 44.8 Å². The van der Waals surface area contributed by atoms with Crippen LogP contribution >= 0.6 is 0 Å². The molecule has 3 aromatic rings. The zero-order valence-corrected chi connectivity index (χ0v) is 25.1. The molecule has 1 unspecified atom stereocenters. The van der Waals surface area contributed by atoms with Crippen LogP contribution in [0.2, 0.25) is 0 Å². The van der Waals surface area contributed by atoms with Gasteiger partial charge in [0.25, 0.3) is 5.91 Å². The van der Waals surface area contributed by atoms with Crippen molar-refractivity contribution in [1.82, 2.24) is 10.6 Å². The maximum Gasteiger partial charge on any atom is 0.412 e. The van der Waals surface area contributed by atoms with E-state index in [4.69, 9.17) is 23.4 Å². The predicted octanol–water partition coefficient (Wildman–Crippen LogP) is 4.37. The van der Waals surface area contributed by atoms with Gasteiger partial charge in [-0.2, -0.15) is 0 Å². The highest BCUT2D eigenvalue weighted by Crippen LogP contribution is 2.23. The molecule has 0 saturated heterocycles. The zero-order chi connectivity index (χ0) is 31.4. The Hall–Kier alpha value is -4.42. The summed E-state index contributed by atoms with van der Waals surface area (Å²) in [5, 5.41) is 8.64. The average Bonchev–Trinajstić information content (AvgIpc) is 2.92. The largest absolute Gasteiger partial charge is 0.444 e. The lowest BCUT2D eigenvalue weighted by atomic mass is 10.1. The van der Waals surface area contributed by atoms with E-state index in [1.165, 1.54) is 12.1 Å². The van der Waals surface area contributed by atoms with E-state index in [2.05, 4.69) is 16.0 Å². The van der Waals surface area contributed by atoms with Gasteiger partial charge in [-0.25, -0.2) is 14.4 Å². The first-order chi connectivity index (χ1) is 20.4. The van der Waals surface area contributed by atoms with Crippen molar-refractivity contribution in [3.8, 4) is 0 Å². The van der Waals surface area contributed by atoms with Crippen molar-refractivity contribution in [3.63, 3.8) is 0 Å². The number of ether oxygens (including phenoxy) is 4. The molecular weight excluding hydrogens is 558 g/mol. The normalized spacial score (nSPS) is 11.9. The molecule has 0 radical (unpaired) electrons. The van der Waals surface area contributed by atoms with E-state index >= 15 is 0 Å². The summed E-state index contributed by atoms with van der Waals surface area (Å²) in [6, 6.07) is 13.3. The Balaban J connectivity index is 1.45. The van der Waals surface area contributed by atoms with Crippen LogP contribution in [-0.2, 0) is 23.7 Å². The minimum absolute atomic E-state index is 0.176. The summed E-state index contributed by atoms with van der Waals surface area (Å²) < 4.78 is 26.8. The third-order valence-corrected chi connectivity index (χ3v) is 5.87. The van der Waals surface area contributed by atoms with E-state index in [-0.39, 0.29) is 19.8 Å². The van der Waals surface area contributed by atoms with E-state index in [1.807, 2.05) is 19.1 Å². The lowest BCUT2D eigenvalue weighted by Gasteiger charge is -2.19. The molecule has 3 rings (SSSR count). The zero-order valence-electron chi connectivity index (χ0n) is 25.1. The summed E-state index contributed by atoms with van der Waals surface area (Å²) in [5.41, 5.74) is 1.82. The molecule has 43 heavy (non-hydrogen) atoms. The number of carbonyl (C=O) groups is 3. The second-order valence-corrected chi connectivity index (χ2v) is 10.7. The molecule has 3 N–H and O–H groups in total. The highest BCUT2D eigenvalue weighted by atomic mass is 16.6. The standard InChI is InChI=1S/C31H39N3O9/c1-20-6-8-22(9-7-20)27(42-30(38)34-23-10-11-24-21(2)18-26(35)41-25(24)19-23)28(36)32-12-14-39-16-17-40-15-13-33-29(37)43-31(3,4)5/h6-11,18-19,27H,12-17H2,1-5H3,(H,32,36)(H,33,37)(H,34,38). The first kappa shape index (κ1) is 33.1. The Bertz CT molecular complexity index is 1450. The molecule has 0 saturated carbocycles. The van der Waals surface area contributed by atoms with Gasteiger partial charge in [-0.3, -0.25) is 10.1 Å². The van der Waals surface area contributed by atoms with Crippen LogP contribution in [0.3, 0.4) is 0 Å². The highest BCUT2D eigenvalue weighted by Gasteiger charge is 2.25. The van der Waals surface area contributed by atoms with Crippen LogP contribution in [0, 0.1) is 13.8 Å². The molecule has 232 valence electrons. The summed E-state index contributed by atoms with van der Waals surface area (Å²) in [5.74, 6) is -0.521. The van der Waals surface area contributed by atoms with Crippen molar-refractivity contribution >= 4 is 34.8 Å². The number of hydrogen-bond donors (Lipinski definition) is 3. The quantitative estimate of drug-likeness (QED) is 0.192. The van der Waals surface area contributed by atoms with Gasteiger partial charge in [-0.1, -0.05) is 29.8 Å². The van der Waals surface area contributed by atoms with Gasteiger partial charge in [0.1, 0.15) is 11.2 Å². The summed E-state index contributed by atoms with van der Waals surface area (Å²) in [7, 11) is 0. The molecule has 0 aliphatic carbocycles. The van der Waals surface area contributed by atoms with Crippen LogP contribution in [0.25, 0.3) is 11.0 Å². The second-order valence-electron chi connectivity index (χ2n) is 10.7. The van der Waals surface area contributed by atoms with Crippen LogP contribution in [0.15, 0.2) is 57.7 Å². The molecule has 12 heteroatoms. The maximum absolute atomic E-state index is 13.0. The van der Waals surface area contributed by atoms with Gasteiger partial charge in [0, 0.05) is 41.9 Å². The van der Waals surface area contributed by atoms with E-state index in [9.17, 15) is 19.2 Å². The van der Waals surface area contributed by atoms with Crippen molar-refractivity contribution in [1.29, 1.82) is 0 Å². The molecular formula is C31H39N3O9. The summed E-state index contributed by atoms with van der Waals surface area (Å²) >= 11 is 0. The fraction of sp³-hybridized carbons (Fsp3) is 0.419. The highest BCUT2D eigenvalue weighted by molar-refractivity contribution is 5.92. The van der Waals surface area contributed by atoms with Gasteiger partial charge in [-0.15, -0.1) is 0 Å². The number of amides is 3. The first-order valence-electron chi connectivity index (χ1n) is 13.9. The lowest BCUT2D eigenvalue weighted by Crippen LogP contribution is -2.35. The summed E-state index contributed by atoms with van der Waals surface area (Å²) in [4.78, 5) is 49.1. The molecule has 12 nitrogen and oxygen atoms in total. The molecule has 1 atom stereocenters. The molecule has 1 heterocycles. The minimum Gasteiger partial charge on any atom is -0.444 e. The Kier molecular flexibility index (Phi) is 12.1. The number of carbonyl (C=O) groups excluding carboxylic acids is 3. The van der Waals surface area contributed by atoms with Gasteiger partial charge in [0.05, 0.1) is 26.4 Å². The molecule has 2 aromatic carbocycles. The van der Waals surface area contributed by atoms with Crippen LogP contribution < -0.4 is 21.6 Å². The van der Waals surface area contributed by atoms with Gasteiger partial charge < -0.3 is 34.0 Å².